The van der Waals surface area contributed by atoms with Gasteiger partial charge in [0.25, 0.3) is 0 Å². The number of rotatable bonds is 6. The number of ether oxygens (including phenoxy) is 2. The van der Waals surface area contributed by atoms with Crippen molar-refractivity contribution in [1.82, 2.24) is 0 Å². The Balaban J connectivity index is 3.10. The maximum absolute atomic E-state index is 10.3. The van der Waals surface area contributed by atoms with E-state index in [0.717, 1.165) is 6.20 Å². The van der Waals surface area contributed by atoms with Crippen LogP contribution in [0.2, 0.25) is 0 Å². The third-order valence-electron chi connectivity index (χ3n) is 1.98. The number of benzene rings is 1. The Morgan fingerprint density at radius 2 is 2.28 bits per heavy atom. The van der Waals surface area contributed by atoms with Gasteiger partial charge >= 0.3 is 0 Å². The van der Waals surface area contributed by atoms with Crippen LogP contribution in [0.5, 0.6) is 11.5 Å². The molecule has 0 aliphatic carbocycles. The number of nitrogens with zero attached hydrogens (tertiary/aromatic N) is 1. The molecule has 18 heavy (non-hydrogen) atoms. The molecule has 1 aromatic carbocycles. The molecular formula is C13H13NO4. The van der Waals surface area contributed by atoms with Crippen LogP contribution in [0.25, 0.3) is 6.08 Å². The Bertz CT molecular complexity index is 488. The summed E-state index contributed by atoms with van der Waals surface area (Å²) >= 11 is 0. The van der Waals surface area contributed by atoms with Gasteiger partial charge in [-0.2, -0.15) is 0 Å². The zero-order valence-electron chi connectivity index (χ0n) is 9.96. The molecule has 0 atom stereocenters. The second kappa shape index (κ2) is 6.97. The number of hydrogen-bond acceptors (Lipinski definition) is 4. The van der Waals surface area contributed by atoms with E-state index in [4.69, 9.17) is 15.9 Å². The number of nitro groups is 1. The van der Waals surface area contributed by atoms with Crippen molar-refractivity contribution >= 4 is 6.08 Å². The van der Waals surface area contributed by atoms with Gasteiger partial charge in [-0.05, 0) is 13.0 Å². The largest absolute Gasteiger partial charge is 0.490 e. The van der Waals surface area contributed by atoms with Crippen LogP contribution in [-0.2, 0) is 0 Å². The minimum Gasteiger partial charge on any atom is -0.490 e. The molecule has 5 nitrogen and oxygen atoms in total. The first kappa shape index (κ1) is 13.6. The summed E-state index contributed by atoms with van der Waals surface area (Å²) in [7, 11) is 0. The Kier molecular flexibility index (Phi) is 5.26. The Hall–Kier alpha value is -2.48. The van der Waals surface area contributed by atoms with Gasteiger partial charge in [-0.1, -0.05) is 18.1 Å². The Labute approximate surface area is 105 Å². The smallest absolute Gasteiger partial charge is 0.235 e. The van der Waals surface area contributed by atoms with Gasteiger partial charge in [0, 0.05) is 11.6 Å². The summed E-state index contributed by atoms with van der Waals surface area (Å²) < 4.78 is 10.8. The van der Waals surface area contributed by atoms with Crippen LogP contribution >= 0.6 is 0 Å². The molecule has 0 fully saturated rings. The lowest BCUT2D eigenvalue weighted by molar-refractivity contribution is -0.400. The molecular weight excluding hydrogens is 234 g/mol. The van der Waals surface area contributed by atoms with Gasteiger partial charge in [0.1, 0.15) is 6.61 Å². The van der Waals surface area contributed by atoms with E-state index in [-0.39, 0.29) is 6.61 Å². The normalized spacial score (nSPS) is 10.0. The highest BCUT2D eigenvalue weighted by Gasteiger charge is 2.09. The average Bonchev–Trinajstić information content (AvgIpc) is 2.35. The lowest BCUT2D eigenvalue weighted by Crippen LogP contribution is -2.01. The maximum Gasteiger partial charge on any atom is 0.235 e. The molecule has 0 heterocycles. The molecule has 5 heteroatoms. The zero-order valence-corrected chi connectivity index (χ0v) is 9.96. The third kappa shape index (κ3) is 3.83. The molecule has 0 aliphatic rings. The first-order valence-corrected chi connectivity index (χ1v) is 5.32. The van der Waals surface area contributed by atoms with Crippen LogP contribution in [0.15, 0.2) is 24.4 Å². The van der Waals surface area contributed by atoms with Gasteiger partial charge in [0.05, 0.1) is 11.5 Å². The van der Waals surface area contributed by atoms with Crippen LogP contribution < -0.4 is 9.47 Å². The van der Waals surface area contributed by atoms with Crippen LogP contribution in [0.3, 0.4) is 0 Å². The molecule has 0 unspecified atom stereocenters. The molecule has 0 aromatic heterocycles. The van der Waals surface area contributed by atoms with Crippen molar-refractivity contribution in [2.75, 3.05) is 13.2 Å². The molecule has 0 N–H and O–H groups in total. The number of terminal acetylenes is 1. The van der Waals surface area contributed by atoms with Crippen LogP contribution in [0.4, 0.5) is 0 Å². The number of para-hydroxylation sites is 1. The molecule has 0 saturated carbocycles. The fourth-order valence-corrected chi connectivity index (χ4v) is 1.34. The summed E-state index contributed by atoms with van der Waals surface area (Å²) in [5, 5.41) is 10.3. The molecule has 0 spiro atoms. The third-order valence-corrected chi connectivity index (χ3v) is 1.98. The van der Waals surface area contributed by atoms with E-state index in [1.807, 2.05) is 6.92 Å². The highest BCUT2D eigenvalue weighted by Crippen LogP contribution is 2.32. The molecule has 0 amide bonds. The van der Waals surface area contributed by atoms with Gasteiger partial charge in [0.15, 0.2) is 11.5 Å². The summed E-state index contributed by atoms with van der Waals surface area (Å²) in [6, 6.07) is 5.14. The fourth-order valence-electron chi connectivity index (χ4n) is 1.34. The van der Waals surface area contributed by atoms with E-state index in [1.54, 1.807) is 18.2 Å². The van der Waals surface area contributed by atoms with Gasteiger partial charge in [-0.3, -0.25) is 10.1 Å². The molecule has 0 radical (unpaired) electrons. The highest BCUT2D eigenvalue weighted by atomic mass is 16.6. The predicted molar refractivity (Wildman–Crippen MR) is 68.0 cm³/mol. The molecule has 0 saturated heterocycles. The van der Waals surface area contributed by atoms with Crippen molar-refractivity contribution in [3.05, 3.63) is 40.1 Å². The van der Waals surface area contributed by atoms with Gasteiger partial charge in [-0.25, -0.2) is 0 Å². The first-order chi connectivity index (χ1) is 8.69. The topological polar surface area (TPSA) is 61.6 Å². The lowest BCUT2D eigenvalue weighted by atomic mass is 10.2. The van der Waals surface area contributed by atoms with E-state index in [0.29, 0.717) is 23.7 Å². The van der Waals surface area contributed by atoms with Crippen molar-refractivity contribution in [3.63, 3.8) is 0 Å². The van der Waals surface area contributed by atoms with E-state index >= 15 is 0 Å². The maximum atomic E-state index is 10.3. The summed E-state index contributed by atoms with van der Waals surface area (Å²) in [5.41, 5.74) is 0.549. The van der Waals surface area contributed by atoms with Crippen LogP contribution in [0, 0.1) is 22.5 Å². The molecule has 1 aromatic rings. The van der Waals surface area contributed by atoms with E-state index < -0.39 is 4.92 Å². The highest BCUT2D eigenvalue weighted by molar-refractivity contribution is 5.61. The van der Waals surface area contributed by atoms with Crippen molar-refractivity contribution in [1.29, 1.82) is 0 Å². The van der Waals surface area contributed by atoms with Crippen molar-refractivity contribution in [3.8, 4) is 23.8 Å². The summed E-state index contributed by atoms with van der Waals surface area (Å²) in [4.78, 5) is 9.78. The first-order valence-electron chi connectivity index (χ1n) is 5.32. The summed E-state index contributed by atoms with van der Waals surface area (Å²) in [6.45, 7) is 2.38. The fraction of sp³-hybridized carbons (Fsp3) is 0.231. The van der Waals surface area contributed by atoms with E-state index in [1.165, 1.54) is 6.08 Å². The van der Waals surface area contributed by atoms with Gasteiger partial charge in [-0.15, -0.1) is 6.42 Å². The van der Waals surface area contributed by atoms with Crippen LogP contribution in [-0.4, -0.2) is 18.1 Å². The van der Waals surface area contributed by atoms with Crippen LogP contribution in [0.1, 0.15) is 12.5 Å². The van der Waals surface area contributed by atoms with Crippen molar-refractivity contribution in [2.24, 2.45) is 0 Å². The van der Waals surface area contributed by atoms with Crippen molar-refractivity contribution < 1.29 is 14.4 Å². The van der Waals surface area contributed by atoms with E-state index in [9.17, 15) is 10.1 Å². The monoisotopic (exact) mass is 247 g/mol. The van der Waals surface area contributed by atoms with Gasteiger partial charge < -0.3 is 9.47 Å². The molecule has 0 bridgehead atoms. The minimum absolute atomic E-state index is 0.0728. The number of hydrogen-bond donors (Lipinski definition) is 0. The molecule has 0 aliphatic heterocycles. The summed E-state index contributed by atoms with van der Waals surface area (Å²) in [5.74, 6) is 3.27. The van der Waals surface area contributed by atoms with E-state index in [2.05, 4.69) is 5.92 Å². The van der Waals surface area contributed by atoms with Gasteiger partial charge in [0.2, 0.25) is 6.20 Å². The SMILES string of the molecule is C#CCOc1c(/C=C/[N+](=O)[O-])cccc1OCC. The summed E-state index contributed by atoms with van der Waals surface area (Å²) in [6.07, 6.45) is 7.31. The standard InChI is InChI=1S/C13H13NO4/c1-3-10-18-13-11(8-9-14(15)16)6-5-7-12(13)17-4-2/h1,5-9H,4,10H2,2H3/b9-8+. The lowest BCUT2D eigenvalue weighted by Gasteiger charge is -2.12. The molecule has 94 valence electrons. The second-order valence-electron chi connectivity index (χ2n) is 3.20. The molecule has 1 rings (SSSR count). The quantitative estimate of drug-likeness (QED) is 0.440. The predicted octanol–water partition coefficient (Wildman–Crippen LogP) is 2.34. The van der Waals surface area contributed by atoms with Crippen molar-refractivity contribution in [2.45, 2.75) is 6.92 Å². The Morgan fingerprint density at radius 1 is 1.50 bits per heavy atom. The minimum atomic E-state index is -0.543. The second-order valence-corrected chi connectivity index (χ2v) is 3.20. The Morgan fingerprint density at radius 3 is 2.89 bits per heavy atom. The zero-order chi connectivity index (χ0) is 13.4. The average molecular weight is 247 g/mol.